The SMILES string of the molecule is COC(=O)c1cc(OC(C)=O)ccc1/C=C/C#N. The van der Waals surface area contributed by atoms with Crippen LogP contribution in [0.3, 0.4) is 0 Å². The maximum absolute atomic E-state index is 11.6. The molecule has 0 aliphatic heterocycles. The molecule has 1 aromatic rings. The van der Waals surface area contributed by atoms with E-state index in [0.717, 1.165) is 0 Å². The molecular formula is C13H11NO4. The van der Waals surface area contributed by atoms with Crippen LogP contribution in [0.2, 0.25) is 0 Å². The van der Waals surface area contributed by atoms with Crippen molar-refractivity contribution in [3.63, 3.8) is 0 Å². The fourth-order valence-corrected chi connectivity index (χ4v) is 1.32. The first-order valence-corrected chi connectivity index (χ1v) is 5.05. The molecule has 0 amide bonds. The number of nitriles is 1. The number of ether oxygens (including phenoxy) is 2. The quantitative estimate of drug-likeness (QED) is 0.462. The van der Waals surface area contributed by atoms with Crippen molar-refractivity contribution >= 4 is 18.0 Å². The zero-order chi connectivity index (χ0) is 13.5. The van der Waals surface area contributed by atoms with Gasteiger partial charge in [-0.25, -0.2) is 4.79 Å². The highest BCUT2D eigenvalue weighted by atomic mass is 16.5. The fourth-order valence-electron chi connectivity index (χ4n) is 1.32. The Morgan fingerprint density at radius 2 is 2.11 bits per heavy atom. The Morgan fingerprint density at radius 1 is 1.39 bits per heavy atom. The molecular weight excluding hydrogens is 234 g/mol. The van der Waals surface area contributed by atoms with Gasteiger partial charge in [0.25, 0.3) is 0 Å². The Kier molecular flexibility index (Phi) is 4.64. The van der Waals surface area contributed by atoms with Crippen LogP contribution < -0.4 is 4.74 Å². The van der Waals surface area contributed by atoms with Crippen molar-refractivity contribution in [1.82, 2.24) is 0 Å². The molecule has 0 fully saturated rings. The average Bonchev–Trinajstić information content (AvgIpc) is 2.35. The summed E-state index contributed by atoms with van der Waals surface area (Å²) >= 11 is 0. The number of hydrogen-bond donors (Lipinski definition) is 0. The summed E-state index contributed by atoms with van der Waals surface area (Å²) in [6, 6.07) is 6.32. The minimum absolute atomic E-state index is 0.225. The molecule has 0 aromatic heterocycles. The third kappa shape index (κ3) is 3.46. The van der Waals surface area contributed by atoms with Gasteiger partial charge in [0.2, 0.25) is 0 Å². The molecule has 1 aromatic carbocycles. The van der Waals surface area contributed by atoms with E-state index in [1.165, 1.54) is 38.3 Å². The van der Waals surface area contributed by atoms with Gasteiger partial charge in [-0.3, -0.25) is 4.79 Å². The minimum atomic E-state index is -0.568. The molecule has 0 radical (unpaired) electrons. The van der Waals surface area contributed by atoms with Gasteiger partial charge in [-0.1, -0.05) is 6.07 Å². The summed E-state index contributed by atoms with van der Waals surface area (Å²) < 4.78 is 9.49. The number of allylic oxidation sites excluding steroid dienone is 1. The van der Waals surface area contributed by atoms with Crippen LogP contribution >= 0.6 is 0 Å². The predicted octanol–water partition coefficient (Wildman–Crippen LogP) is 1.94. The highest BCUT2D eigenvalue weighted by molar-refractivity contribution is 5.94. The lowest BCUT2D eigenvalue weighted by molar-refractivity contribution is -0.131. The summed E-state index contributed by atoms with van der Waals surface area (Å²) in [4.78, 5) is 22.4. The second kappa shape index (κ2) is 6.21. The molecule has 1 rings (SSSR count). The topological polar surface area (TPSA) is 76.4 Å². The van der Waals surface area contributed by atoms with Gasteiger partial charge in [0.05, 0.1) is 18.7 Å². The third-order valence-electron chi connectivity index (χ3n) is 2.03. The lowest BCUT2D eigenvalue weighted by atomic mass is 10.1. The molecule has 18 heavy (non-hydrogen) atoms. The van der Waals surface area contributed by atoms with Gasteiger partial charge in [0.1, 0.15) is 5.75 Å². The lowest BCUT2D eigenvalue weighted by Gasteiger charge is -2.07. The number of hydrogen-bond acceptors (Lipinski definition) is 5. The van der Waals surface area contributed by atoms with E-state index in [1.54, 1.807) is 6.07 Å². The van der Waals surface area contributed by atoms with E-state index in [1.807, 2.05) is 6.07 Å². The number of carbonyl (C=O) groups is 2. The van der Waals surface area contributed by atoms with Crippen LogP contribution in [0.25, 0.3) is 6.08 Å². The van der Waals surface area contributed by atoms with Gasteiger partial charge in [-0.15, -0.1) is 0 Å². The van der Waals surface area contributed by atoms with Crippen LogP contribution in [0.4, 0.5) is 0 Å². The van der Waals surface area contributed by atoms with Crippen molar-refractivity contribution in [3.05, 3.63) is 35.4 Å². The number of carbonyl (C=O) groups excluding carboxylic acids is 2. The average molecular weight is 245 g/mol. The predicted molar refractivity (Wildman–Crippen MR) is 63.7 cm³/mol. The monoisotopic (exact) mass is 245 g/mol. The number of methoxy groups -OCH3 is 1. The van der Waals surface area contributed by atoms with Gasteiger partial charge in [-0.2, -0.15) is 5.26 Å². The summed E-state index contributed by atoms with van der Waals surface area (Å²) in [5.41, 5.74) is 0.738. The summed E-state index contributed by atoms with van der Waals surface area (Å²) in [6.45, 7) is 1.27. The fraction of sp³-hybridized carbons (Fsp3) is 0.154. The molecule has 0 saturated heterocycles. The number of nitrogens with zero attached hydrogens (tertiary/aromatic N) is 1. The van der Waals surface area contributed by atoms with Crippen molar-refractivity contribution < 1.29 is 19.1 Å². The molecule has 0 saturated carbocycles. The van der Waals surface area contributed by atoms with Crippen LogP contribution in [0.5, 0.6) is 5.75 Å². The van der Waals surface area contributed by atoms with Gasteiger partial charge < -0.3 is 9.47 Å². The zero-order valence-corrected chi connectivity index (χ0v) is 9.97. The Balaban J connectivity index is 3.20. The summed E-state index contributed by atoms with van der Waals surface area (Å²) in [5, 5.41) is 8.47. The smallest absolute Gasteiger partial charge is 0.338 e. The molecule has 0 heterocycles. The van der Waals surface area contributed by atoms with E-state index >= 15 is 0 Å². The molecule has 0 aliphatic rings. The summed E-state index contributed by atoms with van der Waals surface area (Å²) in [6.07, 6.45) is 2.72. The van der Waals surface area contributed by atoms with E-state index in [0.29, 0.717) is 5.56 Å². The van der Waals surface area contributed by atoms with Crippen molar-refractivity contribution in [2.24, 2.45) is 0 Å². The number of rotatable bonds is 3. The first-order valence-electron chi connectivity index (χ1n) is 5.05. The molecule has 92 valence electrons. The van der Waals surface area contributed by atoms with E-state index < -0.39 is 11.9 Å². The number of esters is 2. The van der Waals surface area contributed by atoms with Gasteiger partial charge in [0, 0.05) is 13.0 Å². The van der Waals surface area contributed by atoms with Gasteiger partial charge in [-0.05, 0) is 23.8 Å². The van der Waals surface area contributed by atoms with Crippen molar-refractivity contribution in [2.45, 2.75) is 6.92 Å². The van der Waals surface area contributed by atoms with Crippen LogP contribution in [-0.2, 0) is 9.53 Å². The molecule has 5 nitrogen and oxygen atoms in total. The lowest BCUT2D eigenvalue weighted by Crippen LogP contribution is -2.06. The Morgan fingerprint density at radius 3 is 2.67 bits per heavy atom. The number of benzene rings is 1. The van der Waals surface area contributed by atoms with Crippen LogP contribution in [0.1, 0.15) is 22.8 Å². The second-order valence-electron chi connectivity index (χ2n) is 3.30. The third-order valence-corrected chi connectivity index (χ3v) is 2.03. The summed E-state index contributed by atoms with van der Waals surface area (Å²) in [5.74, 6) is -0.801. The molecule has 0 atom stereocenters. The maximum atomic E-state index is 11.6. The molecule has 0 N–H and O–H groups in total. The largest absolute Gasteiger partial charge is 0.465 e. The zero-order valence-electron chi connectivity index (χ0n) is 9.97. The first-order chi connectivity index (χ1) is 8.58. The van der Waals surface area contributed by atoms with Crippen LogP contribution in [-0.4, -0.2) is 19.0 Å². The van der Waals surface area contributed by atoms with E-state index in [9.17, 15) is 9.59 Å². The highest BCUT2D eigenvalue weighted by Crippen LogP contribution is 2.20. The van der Waals surface area contributed by atoms with Crippen molar-refractivity contribution in [1.29, 1.82) is 5.26 Å². The van der Waals surface area contributed by atoms with Gasteiger partial charge >= 0.3 is 11.9 Å². The normalized spacial score (nSPS) is 9.83. The molecule has 0 unspecified atom stereocenters. The van der Waals surface area contributed by atoms with Crippen LogP contribution in [0, 0.1) is 11.3 Å². The van der Waals surface area contributed by atoms with Crippen molar-refractivity contribution in [3.8, 4) is 11.8 Å². The first kappa shape index (κ1) is 13.5. The van der Waals surface area contributed by atoms with Crippen LogP contribution in [0.15, 0.2) is 24.3 Å². The van der Waals surface area contributed by atoms with E-state index in [2.05, 4.69) is 4.74 Å². The Bertz CT molecular complexity index is 540. The standard InChI is InChI=1S/C13H11NO4/c1-9(15)18-11-6-5-10(4-3-7-14)12(8-11)13(16)17-2/h3-6,8H,1-2H3/b4-3+. The Hall–Kier alpha value is -2.61. The molecule has 5 heteroatoms. The highest BCUT2D eigenvalue weighted by Gasteiger charge is 2.12. The Labute approximate surface area is 104 Å². The van der Waals surface area contributed by atoms with Gasteiger partial charge in [0.15, 0.2) is 0 Å². The molecule has 0 spiro atoms. The van der Waals surface area contributed by atoms with E-state index in [-0.39, 0.29) is 11.3 Å². The summed E-state index contributed by atoms with van der Waals surface area (Å²) in [7, 11) is 1.25. The minimum Gasteiger partial charge on any atom is -0.465 e. The molecule has 0 aliphatic carbocycles. The van der Waals surface area contributed by atoms with E-state index in [4.69, 9.17) is 10.00 Å². The second-order valence-corrected chi connectivity index (χ2v) is 3.30. The maximum Gasteiger partial charge on any atom is 0.338 e. The molecule has 0 bridgehead atoms. The van der Waals surface area contributed by atoms with Crippen molar-refractivity contribution in [2.75, 3.05) is 7.11 Å².